The van der Waals surface area contributed by atoms with Crippen molar-refractivity contribution in [1.29, 1.82) is 0 Å². The number of nitrogens with two attached hydrogens (primary N) is 1. The lowest BCUT2D eigenvalue weighted by atomic mass is 10.1. The maximum Gasteiger partial charge on any atom is 0.143 e. The second-order valence-electron chi connectivity index (χ2n) is 6.41. The van der Waals surface area contributed by atoms with Gasteiger partial charge in [0.05, 0.1) is 17.1 Å². The van der Waals surface area contributed by atoms with Crippen LogP contribution in [0.15, 0.2) is 89.4 Å². The van der Waals surface area contributed by atoms with Crippen molar-refractivity contribution < 1.29 is 4.74 Å². The Morgan fingerprint density at radius 3 is 2.50 bits per heavy atom. The van der Waals surface area contributed by atoms with Crippen molar-refractivity contribution in [3.05, 3.63) is 84.4 Å². The summed E-state index contributed by atoms with van der Waals surface area (Å²) in [4.78, 5) is 4.32. The van der Waals surface area contributed by atoms with Crippen molar-refractivity contribution in [2.45, 2.75) is 13.8 Å². The molecule has 0 fully saturated rings. The topological polar surface area (TPSA) is 83.7 Å². The Bertz CT molecular complexity index is 790. The molecule has 0 aromatic carbocycles. The van der Waals surface area contributed by atoms with Crippen LogP contribution in [-0.2, 0) is 4.74 Å². The summed E-state index contributed by atoms with van der Waals surface area (Å²) in [6.45, 7) is 16.3. The van der Waals surface area contributed by atoms with E-state index >= 15 is 0 Å². The molecule has 0 aromatic rings. The number of rotatable bonds is 6. The second-order valence-corrected chi connectivity index (χ2v) is 6.41. The molecule has 0 spiro atoms. The van der Waals surface area contributed by atoms with E-state index in [1.807, 2.05) is 32.2 Å². The van der Waals surface area contributed by atoms with Gasteiger partial charge in [-0.2, -0.15) is 0 Å². The molecule has 1 aliphatic carbocycles. The molecule has 1 aliphatic heterocycles. The zero-order chi connectivity index (χ0) is 23.1. The van der Waals surface area contributed by atoms with E-state index in [1.165, 1.54) is 0 Å². The van der Waals surface area contributed by atoms with Crippen LogP contribution in [0, 0.1) is 18.8 Å². The van der Waals surface area contributed by atoms with E-state index in [2.05, 4.69) is 65.7 Å². The lowest BCUT2D eigenvalue weighted by molar-refractivity contribution is 0.230. The first-order valence-corrected chi connectivity index (χ1v) is 9.49. The number of terminal acetylenes is 1. The molecule has 1 heterocycles. The van der Waals surface area contributed by atoms with Crippen molar-refractivity contribution in [1.82, 2.24) is 16.0 Å². The highest BCUT2D eigenvalue weighted by molar-refractivity contribution is 6.11. The lowest BCUT2D eigenvalue weighted by Crippen LogP contribution is -2.28. The Morgan fingerprint density at radius 2 is 1.97 bits per heavy atom. The van der Waals surface area contributed by atoms with Gasteiger partial charge in [0, 0.05) is 32.3 Å². The summed E-state index contributed by atoms with van der Waals surface area (Å²) in [6, 6.07) is 0. The summed E-state index contributed by atoms with van der Waals surface area (Å²) in [5.41, 5.74) is 9.99. The summed E-state index contributed by atoms with van der Waals surface area (Å²) >= 11 is 0. The van der Waals surface area contributed by atoms with Gasteiger partial charge in [-0.05, 0) is 31.7 Å². The first kappa shape index (κ1) is 26.4. The molecule has 0 amide bonds. The van der Waals surface area contributed by atoms with Crippen molar-refractivity contribution >= 4 is 5.71 Å². The highest BCUT2D eigenvalue weighted by Crippen LogP contribution is 2.20. The maximum absolute atomic E-state index is 5.67. The monoisotopic (exact) mass is 409 g/mol. The Morgan fingerprint density at radius 1 is 1.37 bits per heavy atom. The van der Waals surface area contributed by atoms with E-state index in [-0.39, 0.29) is 5.92 Å². The Balaban J connectivity index is 0.00000125. The Kier molecular flexibility index (Phi) is 12.7. The van der Waals surface area contributed by atoms with Crippen LogP contribution in [0.25, 0.3) is 0 Å². The lowest BCUT2D eigenvalue weighted by Gasteiger charge is -2.20. The second kappa shape index (κ2) is 14.4. The zero-order valence-corrected chi connectivity index (χ0v) is 18.6. The van der Waals surface area contributed by atoms with E-state index in [1.54, 1.807) is 14.0 Å². The van der Waals surface area contributed by atoms with Gasteiger partial charge in [0.1, 0.15) is 18.1 Å². The third-order valence-corrected chi connectivity index (χ3v) is 3.86. The van der Waals surface area contributed by atoms with Gasteiger partial charge in [-0.15, -0.1) is 12.8 Å². The predicted molar refractivity (Wildman–Crippen MR) is 129 cm³/mol. The van der Waals surface area contributed by atoms with Crippen LogP contribution < -0.4 is 21.7 Å². The molecular formula is C24H35N5O. The van der Waals surface area contributed by atoms with Gasteiger partial charge >= 0.3 is 0 Å². The first-order valence-electron chi connectivity index (χ1n) is 9.49. The predicted octanol–water partition coefficient (Wildman–Crippen LogP) is 3.10. The fourth-order valence-corrected chi connectivity index (χ4v) is 2.57. The third-order valence-electron chi connectivity index (χ3n) is 3.86. The van der Waals surface area contributed by atoms with E-state index in [0.29, 0.717) is 12.3 Å². The summed E-state index contributed by atoms with van der Waals surface area (Å²) in [6.07, 6.45) is 18.3. The molecule has 6 heteroatoms. The molecule has 0 saturated carbocycles. The van der Waals surface area contributed by atoms with Crippen molar-refractivity contribution in [2.75, 3.05) is 27.2 Å². The Hall–Kier alpha value is -3.59. The number of nitrogens with zero attached hydrogens (tertiary/aromatic N) is 1. The molecule has 6 nitrogen and oxygen atoms in total. The number of allylic oxidation sites excluding steroid dienone is 4. The molecule has 2 rings (SSSR count). The highest BCUT2D eigenvalue weighted by atomic mass is 16.5. The van der Waals surface area contributed by atoms with Crippen molar-refractivity contribution in [2.24, 2.45) is 16.6 Å². The number of hydrogen-bond acceptors (Lipinski definition) is 6. The minimum Gasteiger partial charge on any atom is -0.485 e. The number of aliphatic imine (C=N–C) groups is 1. The van der Waals surface area contributed by atoms with Gasteiger partial charge < -0.3 is 26.4 Å². The third kappa shape index (κ3) is 9.07. The van der Waals surface area contributed by atoms with Crippen LogP contribution >= 0.6 is 0 Å². The molecule has 0 bridgehead atoms. The average Bonchev–Trinajstić information content (AvgIpc) is 2.93. The normalized spacial score (nSPS) is 17.5. The van der Waals surface area contributed by atoms with Crippen LogP contribution in [0.4, 0.5) is 0 Å². The average molecular weight is 410 g/mol. The molecule has 1 atom stereocenters. The van der Waals surface area contributed by atoms with E-state index < -0.39 is 0 Å². The van der Waals surface area contributed by atoms with Gasteiger partial charge in [0.25, 0.3) is 0 Å². The zero-order valence-electron chi connectivity index (χ0n) is 18.6. The fraction of sp³-hybridized carbons (Fsp3) is 0.292. The van der Waals surface area contributed by atoms with Crippen molar-refractivity contribution in [3.63, 3.8) is 0 Å². The minimum absolute atomic E-state index is 0.229. The number of ether oxygens (including phenoxy) is 1. The molecule has 30 heavy (non-hydrogen) atoms. The fourth-order valence-electron chi connectivity index (χ4n) is 2.57. The van der Waals surface area contributed by atoms with Gasteiger partial charge in [-0.3, -0.25) is 4.99 Å². The highest BCUT2D eigenvalue weighted by Gasteiger charge is 2.15. The number of hydrogen-bond donors (Lipinski definition) is 4. The van der Waals surface area contributed by atoms with E-state index in [4.69, 9.17) is 10.5 Å². The van der Waals surface area contributed by atoms with Crippen LogP contribution in [-0.4, -0.2) is 33.0 Å². The summed E-state index contributed by atoms with van der Waals surface area (Å²) in [5.74, 6) is 1.08. The van der Waals surface area contributed by atoms with E-state index in [9.17, 15) is 0 Å². The summed E-state index contributed by atoms with van der Waals surface area (Å²) in [5, 5.41) is 9.75. The van der Waals surface area contributed by atoms with Gasteiger partial charge in [0.2, 0.25) is 0 Å². The summed E-state index contributed by atoms with van der Waals surface area (Å²) < 4.78 is 5.67. The largest absolute Gasteiger partial charge is 0.485 e. The molecular weight excluding hydrogens is 374 g/mol. The van der Waals surface area contributed by atoms with Crippen LogP contribution in [0.5, 0.6) is 0 Å². The molecule has 0 radical (unpaired) electrons. The van der Waals surface area contributed by atoms with Gasteiger partial charge in [-0.1, -0.05) is 38.0 Å². The molecule has 162 valence electrons. The first-order chi connectivity index (χ1) is 14.3. The molecule has 0 aromatic heterocycles. The maximum atomic E-state index is 5.67. The molecule has 2 aliphatic rings. The molecule has 0 saturated heterocycles. The van der Waals surface area contributed by atoms with Crippen molar-refractivity contribution in [3.8, 4) is 12.8 Å². The quantitative estimate of drug-likeness (QED) is 0.400. The molecule has 5 N–H and O–H groups in total. The SMILES string of the molecule is C#C.C=C(C)N.C=C1COC2=C(C=CC(CNC(=C)C(=NC)/C(=C\C)NC)C=C2)N1. The summed E-state index contributed by atoms with van der Waals surface area (Å²) in [7, 11) is 3.64. The number of nitrogens with one attached hydrogen (secondary N) is 3. The smallest absolute Gasteiger partial charge is 0.143 e. The van der Waals surface area contributed by atoms with E-state index in [0.717, 1.165) is 40.8 Å². The van der Waals surface area contributed by atoms with Crippen LogP contribution in [0.3, 0.4) is 0 Å². The van der Waals surface area contributed by atoms with Gasteiger partial charge in [-0.25, -0.2) is 0 Å². The van der Waals surface area contributed by atoms with Gasteiger partial charge in [0.15, 0.2) is 0 Å². The standard InChI is InChI=1S/C19H26N4O.C3H7N.C2H2/c1-6-16(20-4)19(21-5)14(3)22-11-15-7-9-17-18(10-8-15)24-12-13(2)23-17;1-3(2)4;1-2/h6-10,15,20,22-23H,2-3,11-12H2,1,4-5H3;1,4H2,2H3;1-2H/b16-6+,21-19?;;. The van der Waals surface area contributed by atoms with Crippen LogP contribution in [0.1, 0.15) is 13.8 Å². The molecule has 1 unspecified atom stereocenters. The Labute approximate surface area is 181 Å². The van der Waals surface area contributed by atoms with Crippen LogP contribution in [0.2, 0.25) is 0 Å². The minimum atomic E-state index is 0.229.